The van der Waals surface area contributed by atoms with Gasteiger partial charge in [0.25, 0.3) is 12.0 Å². The number of ether oxygens (including phenoxy) is 2. The number of amides is 2. The number of rotatable bonds is 9. The van der Waals surface area contributed by atoms with Crippen molar-refractivity contribution >= 4 is 17.4 Å². The molecule has 3 heterocycles. The average molecular weight is 582 g/mol. The van der Waals surface area contributed by atoms with Crippen LogP contribution in [0.2, 0.25) is 0 Å². The van der Waals surface area contributed by atoms with Crippen LogP contribution in [0.1, 0.15) is 25.5 Å². The molecule has 0 aliphatic carbocycles. The summed E-state index contributed by atoms with van der Waals surface area (Å²) in [6.45, 7) is 0.600. The number of fused-ring (bicyclic) bond motifs is 1. The first-order valence-corrected chi connectivity index (χ1v) is 11.4. The lowest BCUT2D eigenvalue weighted by Gasteiger charge is -2.28. The quantitative estimate of drug-likeness (QED) is 0.327. The van der Waals surface area contributed by atoms with Crippen molar-refractivity contribution in [2.24, 2.45) is 0 Å². The van der Waals surface area contributed by atoms with Crippen molar-refractivity contribution in [3.05, 3.63) is 42.6 Å². The number of carbonyl (C=O) groups is 1. The molecule has 0 saturated heterocycles. The van der Waals surface area contributed by atoms with Gasteiger partial charge in [0, 0.05) is 37.1 Å². The molecule has 0 radical (unpaired) electrons. The summed E-state index contributed by atoms with van der Waals surface area (Å²) < 4.78 is 118. The Balaban J connectivity index is 2.04. The number of nitrogens with one attached hydrogen (secondary N) is 1. The van der Waals surface area contributed by atoms with Crippen LogP contribution in [0.15, 0.2) is 36.9 Å². The van der Waals surface area contributed by atoms with Gasteiger partial charge in [-0.05, 0) is 19.4 Å². The Labute approximate surface area is 221 Å². The zero-order valence-electron chi connectivity index (χ0n) is 21.1. The minimum absolute atomic E-state index is 0.0631. The summed E-state index contributed by atoms with van der Waals surface area (Å²) in [5.74, 6) is 0.134. The molecular weight excluding hydrogens is 560 g/mol. The van der Waals surface area contributed by atoms with Gasteiger partial charge in [-0.25, -0.2) is 14.8 Å². The van der Waals surface area contributed by atoms with Gasteiger partial charge in [0.15, 0.2) is 5.65 Å². The molecule has 0 bridgehead atoms. The summed E-state index contributed by atoms with van der Waals surface area (Å²) in [5.41, 5.74) is -1.16. The molecule has 218 valence electrons. The van der Waals surface area contributed by atoms with E-state index in [1.807, 2.05) is 0 Å². The Bertz CT molecular complexity index is 1390. The monoisotopic (exact) mass is 582 g/mol. The summed E-state index contributed by atoms with van der Waals surface area (Å²) >= 11 is 0. The van der Waals surface area contributed by atoms with Crippen molar-refractivity contribution < 1.29 is 49.4 Å². The van der Waals surface area contributed by atoms with Crippen molar-refractivity contribution in [1.29, 1.82) is 0 Å². The molecule has 40 heavy (non-hydrogen) atoms. The lowest BCUT2D eigenvalue weighted by atomic mass is 10.1. The molecule has 1 atom stereocenters. The molecule has 9 nitrogen and oxygen atoms in total. The predicted octanol–water partition coefficient (Wildman–Crippen LogP) is 5.68. The molecule has 0 aliphatic rings. The SMILES string of the molecule is CCN(C(=O)NC(CCC(F)(F)F)C(F)(F)F)C(=C(F)F)c1cc(-c2cn3ccnc3c(OC)n2)c(OC)cn1. The zero-order chi connectivity index (χ0) is 29.8. The number of pyridine rings is 1. The number of hydrogen-bond acceptors (Lipinski definition) is 6. The van der Waals surface area contributed by atoms with E-state index < -0.39 is 61.3 Å². The number of carbonyl (C=O) groups excluding carboxylic acids is 1. The van der Waals surface area contributed by atoms with E-state index in [1.54, 1.807) is 6.20 Å². The molecule has 3 aromatic rings. The molecule has 3 aromatic heterocycles. The number of nitrogens with zero attached hydrogens (tertiary/aromatic N) is 5. The maximum absolute atomic E-state index is 14.2. The number of alkyl halides is 6. The highest BCUT2D eigenvalue weighted by Gasteiger charge is 2.44. The maximum atomic E-state index is 14.2. The Morgan fingerprint density at radius 3 is 2.38 bits per heavy atom. The highest BCUT2D eigenvalue weighted by molar-refractivity contribution is 5.86. The Hall–Kier alpha value is -4.18. The predicted molar refractivity (Wildman–Crippen MR) is 125 cm³/mol. The summed E-state index contributed by atoms with van der Waals surface area (Å²) in [6.07, 6.45) is -10.6. The average Bonchev–Trinajstić information content (AvgIpc) is 3.36. The number of methoxy groups -OCH3 is 2. The van der Waals surface area contributed by atoms with Gasteiger partial charge in [-0.3, -0.25) is 9.88 Å². The second kappa shape index (κ2) is 11.9. The second-order valence-electron chi connectivity index (χ2n) is 8.11. The fourth-order valence-electron chi connectivity index (χ4n) is 3.70. The smallest absolute Gasteiger partial charge is 0.408 e. The van der Waals surface area contributed by atoms with Crippen LogP contribution in [0.3, 0.4) is 0 Å². The van der Waals surface area contributed by atoms with Gasteiger partial charge in [-0.2, -0.15) is 35.1 Å². The van der Waals surface area contributed by atoms with Crippen molar-refractivity contribution in [1.82, 2.24) is 29.6 Å². The lowest BCUT2D eigenvalue weighted by molar-refractivity contribution is -0.171. The minimum Gasteiger partial charge on any atom is -0.494 e. The van der Waals surface area contributed by atoms with Gasteiger partial charge < -0.3 is 19.2 Å². The maximum Gasteiger partial charge on any atom is 0.408 e. The van der Waals surface area contributed by atoms with Crippen molar-refractivity contribution in [2.75, 3.05) is 20.8 Å². The molecule has 1 N–H and O–H groups in total. The third-order valence-electron chi connectivity index (χ3n) is 5.56. The first-order valence-electron chi connectivity index (χ1n) is 11.4. The van der Waals surface area contributed by atoms with Crippen LogP contribution >= 0.6 is 0 Å². The molecule has 0 aromatic carbocycles. The summed E-state index contributed by atoms with van der Waals surface area (Å²) in [7, 11) is 2.60. The van der Waals surface area contributed by atoms with Gasteiger partial charge in [-0.1, -0.05) is 0 Å². The van der Waals surface area contributed by atoms with Crippen molar-refractivity contribution in [3.63, 3.8) is 0 Å². The van der Waals surface area contributed by atoms with Crippen LogP contribution in [0.25, 0.3) is 22.6 Å². The van der Waals surface area contributed by atoms with Gasteiger partial charge in [0.1, 0.15) is 17.5 Å². The second-order valence-corrected chi connectivity index (χ2v) is 8.11. The highest BCUT2D eigenvalue weighted by Crippen LogP contribution is 2.35. The van der Waals surface area contributed by atoms with Gasteiger partial charge in [0.2, 0.25) is 0 Å². The van der Waals surface area contributed by atoms with E-state index in [2.05, 4.69) is 15.0 Å². The molecule has 0 fully saturated rings. The van der Waals surface area contributed by atoms with E-state index in [-0.39, 0.29) is 27.8 Å². The minimum atomic E-state index is -5.28. The Morgan fingerprint density at radius 1 is 1.12 bits per heavy atom. The Kier molecular flexibility index (Phi) is 9.04. The highest BCUT2D eigenvalue weighted by atomic mass is 19.4. The van der Waals surface area contributed by atoms with Crippen LogP contribution in [0.4, 0.5) is 39.9 Å². The van der Waals surface area contributed by atoms with Crippen LogP contribution in [0.5, 0.6) is 11.6 Å². The molecule has 1 unspecified atom stereocenters. The lowest BCUT2D eigenvalue weighted by Crippen LogP contribution is -2.50. The summed E-state index contributed by atoms with van der Waals surface area (Å²) in [6, 6.07) is -3.58. The molecule has 0 spiro atoms. The number of imidazole rings is 1. The van der Waals surface area contributed by atoms with Crippen molar-refractivity contribution in [2.45, 2.75) is 38.2 Å². The molecule has 2 amide bonds. The fraction of sp³-hybridized carbons (Fsp3) is 0.391. The van der Waals surface area contributed by atoms with Crippen LogP contribution < -0.4 is 14.8 Å². The van der Waals surface area contributed by atoms with E-state index in [0.29, 0.717) is 5.65 Å². The topological polar surface area (TPSA) is 93.9 Å². The molecule has 3 rings (SSSR count). The van der Waals surface area contributed by atoms with E-state index in [1.165, 1.54) is 43.3 Å². The van der Waals surface area contributed by atoms with E-state index >= 15 is 0 Å². The number of halogens is 8. The largest absolute Gasteiger partial charge is 0.494 e. The normalized spacial score (nSPS) is 12.7. The molecule has 0 aliphatic heterocycles. The molecule has 0 saturated carbocycles. The van der Waals surface area contributed by atoms with Gasteiger partial charge >= 0.3 is 18.4 Å². The third kappa shape index (κ3) is 6.87. The van der Waals surface area contributed by atoms with Crippen molar-refractivity contribution in [3.8, 4) is 22.9 Å². The number of hydrogen-bond donors (Lipinski definition) is 1. The summed E-state index contributed by atoms with van der Waals surface area (Å²) in [5, 5.41) is 1.39. The Morgan fingerprint density at radius 2 is 1.82 bits per heavy atom. The number of aromatic nitrogens is 4. The van der Waals surface area contributed by atoms with E-state index in [0.717, 1.165) is 12.3 Å². The number of urea groups is 1. The van der Waals surface area contributed by atoms with Crippen LogP contribution in [-0.2, 0) is 0 Å². The zero-order valence-corrected chi connectivity index (χ0v) is 21.1. The van der Waals surface area contributed by atoms with Crippen LogP contribution in [0, 0.1) is 0 Å². The third-order valence-corrected chi connectivity index (χ3v) is 5.56. The first kappa shape index (κ1) is 30.4. The van der Waals surface area contributed by atoms with Gasteiger partial charge in [-0.15, -0.1) is 0 Å². The fourth-order valence-corrected chi connectivity index (χ4v) is 3.70. The first-order chi connectivity index (χ1) is 18.7. The van der Waals surface area contributed by atoms with E-state index in [9.17, 15) is 39.9 Å². The standard InChI is InChI=1S/C23H22F8N6O3/c1-4-37(21(38)35-16(23(29,30)31)5-6-22(26,27)28)17(18(24)25)13-9-12(15(39-2)10-33-13)14-11-36-8-7-32-19(36)20(34-14)40-3/h7-11,16H,4-6H2,1-3H3,(H,35,38). The van der Waals surface area contributed by atoms with Crippen LogP contribution in [-0.4, -0.2) is 69.4 Å². The molecule has 17 heteroatoms. The molecular formula is C23H22F8N6O3. The van der Waals surface area contributed by atoms with Gasteiger partial charge in [0.05, 0.1) is 31.8 Å². The van der Waals surface area contributed by atoms with E-state index in [4.69, 9.17) is 9.47 Å². The summed E-state index contributed by atoms with van der Waals surface area (Å²) in [4.78, 5) is 25.2.